The third kappa shape index (κ3) is 4.61. The number of esters is 1. The van der Waals surface area contributed by atoms with E-state index in [2.05, 4.69) is 9.72 Å². The molecule has 9 nitrogen and oxygen atoms in total. The van der Waals surface area contributed by atoms with Gasteiger partial charge in [-0.2, -0.15) is 0 Å². The number of aromatic nitrogens is 3. The molecule has 0 aliphatic rings. The molecule has 0 saturated heterocycles. The van der Waals surface area contributed by atoms with Gasteiger partial charge in [0.15, 0.2) is 11.5 Å². The highest BCUT2D eigenvalue weighted by molar-refractivity contribution is 8.00. The average Bonchev–Trinajstić information content (AvgIpc) is 2.74. The van der Waals surface area contributed by atoms with Crippen LogP contribution in [-0.4, -0.2) is 33.0 Å². The molecule has 0 atom stereocenters. The maximum atomic E-state index is 14.7. The number of rotatable bonds is 6. The van der Waals surface area contributed by atoms with Crippen LogP contribution in [0.3, 0.4) is 0 Å². The molecule has 0 saturated carbocycles. The largest absolute Gasteiger partial charge is 0.468 e. The molecule has 1 aromatic carbocycles. The Hall–Kier alpha value is -3.60. The highest BCUT2D eigenvalue weighted by Gasteiger charge is 2.18. The van der Waals surface area contributed by atoms with E-state index in [1.807, 2.05) is 0 Å². The number of benzene rings is 1. The average molecular weight is 446 g/mol. The van der Waals surface area contributed by atoms with Crippen molar-refractivity contribution in [2.75, 3.05) is 18.6 Å². The smallest absolute Gasteiger partial charge is 0.335 e. The van der Waals surface area contributed by atoms with Gasteiger partial charge in [0.1, 0.15) is 10.8 Å². The maximum absolute atomic E-state index is 14.7. The molecule has 0 amide bonds. The summed E-state index contributed by atoms with van der Waals surface area (Å²) >= 11 is 1.08. The van der Waals surface area contributed by atoms with Crippen LogP contribution in [0.4, 0.5) is 10.1 Å². The molecule has 0 radical (unpaired) electrons. The second-order valence-corrected chi connectivity index (χ2v) is 7.38. The lowest BCUT2D eigenvalue weighted by atomic mass is 10.2. The summed E-state index contributed by atoms with van der Waals surface area (Å²) in [6.07, 6.45) is 1.52. The van der Waals surface area contributed by atoms with Gasteiger partial charge in [0.2, 0.25) is 0 Å². The third-order valence-corrected chi connectivity index (χ3v) is 5.35. The van der Waals surface area contributed by atoms with Crippen LogP contribution < -0.4 is 21.7 Å². The molecule has 2 heterocycles. The SMILES string of the molecule is COC(=O)CSc1ncccc1Oc1cc(-n2c(=O)cc(C)n(C)c2=O)c(F)cc1N. The standard InChI is InChI=1S/C20H19FN4O5S/c1-11-7-17(26)25(20(28)24(11)2)14-9-16(13(22)8-12(14)21)30-15-5-4-6-23-19(15)31-10-18(27)29-3/h4-9H,10,22H2,1-3H3. The number of pyridine rings is 1. The molecule has 162 valence electrons. The van der Waals surface area contributed by atoms with Crippen LogP contribution >= 0.6 is 11.8 Å². The first-order chi connectivity index (χ1) is 14.7. The van der Waals surface area contributed by atoms with Crippen molar-refractivity contribution >= 4 is 23.4 Å². The molecule has 0 unspecified atom stereocenters. The van der Waals surface area contributed by atoms with Gasteiger partial charge in [0, 0.05) is 37.1 Å². The normalized spacial score (nSPS) is 10.7. The van der Waals surface area contributed by atoms with Crippen LogP contribution in [-0.2, 0) is 16.6 Å². The van der Waals surface area contributed by atoms with Gasteiger partial charge in [-0.1, -0.05) is 11.8 Å². The number of carbonyl (C=O) groups excluding carboxylic acids is 1. The monoisotopic (exact) mass is 446 g/mol. The number of hydrogen-bond acceptors (Lipinski definition) is 8. The number of nitrogens with zero attached hydrogens (tertiary/aromatic N) is 3. The van der Waals surface area contributed by atoms with Crippen LogP contribution in [0.25, 0.3) is 5.69 Å². The number of ether oxygens (including phenoxy) is 2. The summed E-state index contributed by atoms with van der Waals surface area (Å²) in [7, 11) is 2.75. The van der Waals surface area contributed by atoms with E-state index in [1.165, 1.54) is 37.1 Å². The van der Waals surface area contributed by atoms with Crippen LogP contribution in [0, 0.1) is 12.7 Å². The summed E-state index contributed by atoms with van der Waals surface area (Å²) in [5, 5.41) is 0.376. The first kappa shape index (κ1) is 22.1. The summed E-state index contributed by atoms with van der Waals surface area (Å²) < 4.78 is 27.0. The fourth-order valence-electron chi connectivity index (χ4n) is 2.64. The number of methoxy groups -OCH3 is 1. The second-order valence-electron chi connectivity index (χ2n) is 6.42. The fraction of sp³-hybridized carbons (Fsp3) is 0.200. The van der Waals surface area contributed by atoms with E-state index >= 15 is 0 Å². The fourth-order valence-corrected chi connectivity index (χ4v) is 3.40. The summed E-state index contributed by atoms with van der Waals surface area (Å²) in [5.74, 6) is -1.04. The number of hydrogen-bond donors (Lipinski definition) is 1. The number of halogens is 1. The lowest BCUT2D eigenvalue weighted by molar-refractivity contribution is -0.137. The number of thioether (sulfide) groups is 1. The van der Waals surface area contributed by atoms with Crippen molar-refractivity contribution in [3.8, 4) is 17.2 Å². The van der Waals surface area contributed by atoms with Gasteiger partial charge in [-0.3, -0.25) is 9.59 Å². The number of carbonyl (C=O) groups is 1. The van der Waals surface area contributed by atoms with Crippen LogP contribution in [0.5, 0.6) is 11.5 Å². The number of nitrogen functional groups attached to an aromatic ring is 1. The van der Waals surface area contributed by atoms with Gasteiger partial charge < -0.3 is 19.8 Å². The zero-order valence-corrected chi connectivity index (χ0v) is 17.7. The number of aryl methyl sites for hydroxylation is 1. The first-order valence-corrected chi connectivity index (χ1v) is 9.93. The van der Waals surface area contributed by atoms with Gasteiger partial charge in [-0.25, -0.2) is 18.7 Å². The van der Waals surface area contributed by atoms with E-state index in [9.17, 15) is 18.8 Å². The molecule has 11 heteroatoms. The quantitative estimate of drug-likeness (QED) is 0.347. The Balaban J connectivity index is 2.05. The van der Waals surface area contributed by atoms with E-state index < -0.39 is 23.0 Å². The second kappa shape index (κ2) is 9.04. The van der Waals surface area contributed by atoms with E-state index in [0.29, 0.717) is 15.3 Å². The van der Waals surface area contributed by atoms with Gasteiger partial charge in [-0.15, -0.1) is 0 Å². The van der Waals surface area contributed by atoms with Crippen molar-refractivity contribution < 1.29 is 18.7 Å². The molecule has 0 bridgehead atoms. The van der Waals surface area contributed by atoms with E-state index in [1.54, 1.807) is 19.1 Å². The Kier molecular flexibility index (Phi) is 6.44. The lowest BCUT2D eigenvalue weighted by Gasteiger charge is -2.15. The van der Waals surface area contributed by atoms with Crippen LogP contribution in [0.2, 0.25) is 0 Å². The van der Waals surface area contributed by atoms with E-state index in [0.717, 1.165) is 17.8 Å². The summed E-state index contributed by atoms with van der Waals surface area (Å²) in [4.78, 5) is 40.6. The summed E-state index contributed by atoms with van der Waals surface area (Å²) in [5.41, 5.74) is 4.58. The predicted octanol–water partition coefficient (Wildman–Crippen LogP) is 2.02. The molecule has 0 aliphatic carbocycles. The maximum Gasteiger partial charge on any atom is 0.335 e. The Morgan fingerprint density at radius 1 is 1.26 bits per heavy atom. The van der Waals surface area contributed by atoms with Crippen molar-refractivity contribution in [2.24, 2.45) is 7.05 Å². The molecular formula is C20H19FN4O5S. The van der Waals surface area contributed by atoms with E-state index in [4.69, 9.17) is 10.5 Å². The molecule has 0 aliphatic heterocycles. The molecular weight excluding hydrogens is 427 g/mol. The van der Waals surface area contributed by atoms with Crippen LogP contribution in [0.1, 0.15) is 5.69 Å². The molecule has 31 heavy (non-hydrogen) atoms. The van der Waals surface area contributed by atoms with Gasteiger partial charge in [-0.05, 0) is 19.1 Å². The summed E-state index contributed by atoms with van der Waals surface area (Å²) in [6, 6.07) is 6.56. The lowest BCUT2D eigenvalue weighted by Crippen LogP contribution is -2.38. The van der Waals surface area contributed by atoms with Crippen molar-refractivity contribution in [1.82, 2.24) is 14.1 Å². The Morgan fingerprint density at radius 2 is 2.00 bits per heavy atom. The molecule has 2 aromatic heterocycles. The third-order valence-electron chi connectivity index (χ3n) is 4.39. The van der Waals surface area contributed by atoms with E-state index in [-0.39, 0.29) is 28.6 Å². The van der Waals surface area contributed by atoms with Gasteiger partial charge >= 0.3 is 11.7 Å². The minimum absolute atomic E-state index is 0.00280. The van der Waals surface area contributed by atoms with Crippen molar-refractivity contribution in [1.29, 1.82) is 0 Å². The molecule has 3 rings (SSSR count). The molecule has 3 aromatic rings. The number of anilines is 1. The topological polar surface area (TPSA) is 118 Å². The zero-order chi connectivity index (χ0) is 22.7. The van der Waals surface area contributed by atoms with Crippen molar-refractivity contribution in [3.05, 3.63) is 68.9 Å². The van der Waals surface area contributed by atoms with Crippen molar-refractivity contribution in [3.63, 3.8) is 0 Å². The highest BCUT2D eigenvalue weighted by atomic mass is 32.2. The Morgan fingerprint density at radius 3 is 2.71 bits per heavy atom. The van der Waals surface area contributed by atoms with Gasteiger partial charge in [0.05, 0.1) is 24.2 Å². The molecule has 2 N–H and O–H groups in total. The summed E-state index contributed by atoms with van der Waals surface area (Å²) in [6.45, 7) is 1.59. The predicted molar refractivity (Wildman–Crippen MR) is 113 cm³/mol. The minimum Gasteiger partial charge on any atom is -0.468 e. The molecule has 0 spiro atoms. The van der Waals surface area contributed by atoms with Crippen LogP contribution in [0.15, 0.2) is 51.1 Å². The molecule has 0 fully saturated rings. The van der Waals surface area contributed by atoms with Gasteiger partial charge in [0.25, 0.3) is 5.56 Å². The first-order valence-electron chi connectivity index (χ1n) is 8.94. The Bertz CT molecular complexity index is 1270. The zero-order valence-electron chi connectivity index (χ0n) is 16.9. The number of nitrogens with two attached hydrogens (primary N) is 1. The van der Waals surface area contributed by atoms with Crippen molar-refractivity contribution in [2.45, 2.75) is 11.9 Å². The highest BCUT2D eigenvalue weighted by Crippen LogP contribution is 2.35. The Labute approximate surface area is 180 Å². The minimum atomic E-state index is -0.862.